The number of ether oxygens (including phenoxy) is 2. The smallest absolute Gasteiger partial charge is 0.495 e. The van der Waals surface area contributed by atoms with Crippen LogP contribution in [0.25, 0.3) is 10.9 Å². The Balaban J connectivity index is 2.28. The van der Waals surface area contributed by atoms with Crippen LogP contribution in [-0.2, 0) is 31.0 Å². The lowest BCUT2D eigenvalue weighted by atomic mass is 10.0. The zero-order valence-corrected chi connectivity index (χ0v) is 18.5. The zero-order valence-electron chi connectivity index (χ0n) is 16.2. The first-order chi connectivity index (χ1) is 14.8. The average molecular weight is 517 g/mol. The summed E-state index contributed by atoms with van der Waals surface area (Å²) >= 11 is 12.3. The summed E-state index contributed by atoms with van der Waals surface area (Å²) in [6.45, 7) is 0.576. The lowest BCUT2D eigenvalue weighted by Crippen LogP contribution is -2.31. The Labute approximate surface area is 189 Å². The number of rotatable bonds is 6. The summed E-state index contributed by atoms with van der Waals surface area (Å²) in [6, 6.07) is 0.597. The number of pyridine rings is 1. The second-order valence-corrected chi connectivity index (χ2v) is 8.79. The van der Waals surface area contributed by atoms with Gasteiger partial charge in [-0.1, -0.05) is 23.2 Å². The number of benzene rings is 1. The molecule has 0 spiro atoms. The minimum Gasteiger partial charge on any atom is -0.495 e. The third-order valence-electron chi connectivity index (χ3n) is 4.74. The maximum atomic E-state index is 12.9. The van der Waals surface area contributed by atoms with Gasteiger partial charge in [-0.2, -0.15) is 21.6 Å². The number of hydrogen-bond donors (Lipinski definition) is 0. The molecule has 0 radical (unpaired) electrons. The predicted octanol–water partition coefficient (Wildman–Crippen LogP) is 3.35. The van der Waals surface area contributed by atoms with Gasteiger partial charge in [0.2, 0.25) is 5.88 Å². The Morgan fingerprint density at radius 3 is 2.56 bits per heavy atom. The molecule has 2 aromatic rings. The molecule has 1 amide bonds. The van der Waals surface area contributed by atoms with Crippen molar-refractivity contribution in [2.75, 3.05) is 13.7 Å². The van der Waals surface area contributed by atoms with Crippen LogP contribution in [-0.4, -0.2) is 49.9 Å². The number of fused-ring (bicyclic) bond motifs is 3. The number of amides is 1. The van der Waals surface area contributed by atoms with Crippen molar-refractivity contribution < 1.29 is 44.8 Å². The van der Waals surface area contributed by atoms with Crippen LogP contribution in [0.1, 0.15) is 24.1 Å². The summed E-state index contributed by atoms with van der Waals surface area (Å²) in [5, 5.41) is -0.0850. The summed E-state index contributed by atoms with van der Waals surface area (Å²) in [5.41, 5.74) is -5.76. The number of nitrogens with zero attached hydrogens (tertiary/aromatic N) is 2. The summed E-state index contributed by atoms with van der Waals surface area (Å²) in [4.78, 5) is 27.9. The number of hydrogen-bond acceptors (Lipinski definition) is 8. The minimum absolute atomic E-state index is 0.0554. The molecule has 174 valence electrons. The van der Waals surface area contributed by atoms with Gasteiger partial charge in [-0.05, 0) is 18.6 Å². The van der Waals surface area contributed by atoms with Gasteiger partial charge in [0.25, 0.3) is 12.4 Å². The molecule has 9 nitrogen and oxygen atoms in total. The second kappa shape index (κ2) is 8.45. The molecule has 0 saturated heterocycles. The Hall–Kier alpha value is -2.51. The molecule has 0 N–H and O–H groups in total. The van der Waals surface area contributed by atoms with Crippen molar-refractivity contribution in [3.63, 3.8) is 0 Å². The molecule has 0 fully saturated rings. The molecular weight excluding hydrogens is 504 g/mol. The van der Waals surface area contributed by atoms with Crippen LogP contribution in [0.2, 0.25) is 10.0 Å². The first kappa shape index (κ1) is 24.1. The largest absolute Gasteiger partial charge is 0.534 e. The number of carbonyl (C=O) groups excluding carboxylic acids is 2. The Morgan fingerprint density at radius 1 is 1.34 bits per heavy atom. The third-order valence-corrected chi connectivity index (χ3v) is 6.52. The van der Waals surface area contributed by atoms with Crippen molar-refractivity contribution in [1.29, 1.82) is 0 Å². The van der Waals surface area contributed by atoms with Gasteiger partial charge in [-0.25, -0.2) is 4.98 Å². The summed E-state index contributed by atoms with van der Waals surface area (Å²) in [6.07, 6.45) is 0. The number of alkyl halides is 3. The molecule has 15 heteroatoms. The van der Waals surface area contributed by atoms with Crippen LogP contribution >= 0.6 is 23.2 Å². The van der Waals surface area contributed by atoms with Crippen LogP contribution in [0, 0.1) is 0 Å². The van der Waals surface area contributed by atoms with E-state index in [0.29, 0.717) is 0 Å². The lowest BCUT2D eigenvalue weighted by Gasteiger charge is -2.21. The van der Waals surface area contributed by atoms with Gasteiger partial charge in [0.05, 0.1) is 30.2 Å². The summed E-state index contributed by atoms with van der Waals surface area (Å²) in [7, 11) is -4.78. The van der Waals surface area contributed by atoms with Crippen molar-refractivity contribution in [3.8, 4) is 11.6 Å². The molecule has 1 atom stereocenters. The highest BCUT2D eigenvalue weighted by Crippen LogP contribution is 2.47. The van der Waals surface area contributed by atoms with E-state index < -0.39 is 40.1 Å². The van der Waals surface area contributed by atoms with Crippen LogP contribution in [0.5, 0.6) is 11.6 Å². The van der Waals surface area contributed by atoms with E-state index in [1.807, 2.05) is 0 Å². The predicted molar refractivity (Wildman–Crippen MR) is 105 cm³/mol. The fraction of sp³-hybridized carbons (Fsp3) is 0.353. The molecule has 0 saturated carbocycles. The van der Waals surface area contributed by atoms with Crippen molar-refractivity contribution in [3.05, 3.63) is 27.2 Å². The third kappa shape index (κ3) is 3.99. The fourth-order valence-electron chi connectivity index (χ4n) is 3.31. The molecule has 0 bridgehead atoms. The maximum Gasteiger partial charge on any atom is 0.534 e. The van der Waals surface area contributed by atoms with E-state index in [-0.39, 0.29) is 50.8 Å². The highest BCUT2D eigenvalue weighted by molar-refractivity contribution is 7.87. The topological polar surface area (TPSA) is 112 Å². The molecule has 1 aliphatic rings. The Bertz CT molecular complexity index is 1220. The van der Waals surface area contributed by atoms with E-state index in [1.165, 1.54) is 20.1 Å². The van der Waals surface area contributed by atoms with Crippen LogP contribution in [0.3, 0.4) is 0 Å². The minimum atomic E-state index is -6.08. The van der Waals surface area contributed by atoms with E-state index in [9.17, 15) is 31.2 Å². The molecule has 0 aliphatic carbocycles. The lowest BCUT2D eigenvalue weighted by molar-refractivity contribution is -0.144. The van der Waals surface area contributed by atoms with Crippen molar-refractivity contribution in [1.82, 2.24) is 9.88 Å². The standard InChI is InChI=1S/C17H13Cl2F3N2O7S/c1-7-12-8-3-10(29-2)13(18)14(19)15(8)23-16(31-32(27,28)17(20,21)22)9(12)4-24(7)11(26)5-30-6-25/h3,6-7H,4-5H2,1-2H3/t7-/m0/s1. The number of aromatic nitrogens is 1. The summed E-state index contributed by atoms with van der Waals surface area (Å²) in [5.74, 6) is -1.48. The van der Waals surface area contributed by atoms with Gasteiger partial charge >= 0.3 is 15.6 Å². The van der Waals surface area contributed by atoms with Gasteiger partial charge < -0.3 is 18.6 Å². The fourth-order valence-corrected chi connectivity index (χ4v) is 4.21. The van der Waals surface area contributed by atoms with Crippen LogP contribution in [0.4, 0.5) is 13.2 Å². The maximum absolute atomic E-state index is 12.9. The van der Waals surface area contributed by atoms with E-state index >= 15 is 0 Å². The van der Waals surface area contributed by atoms with Crippen molar-refractivity contribution in [2.45, 2.75) is 25.0 Å². The van der Waals surface area contributed by atoms with Gasteiger partial charge in [0.15, 0.2) is 6.61 Å². The Kier molecular flexibility index (Phi) is 6.37. The van der Waals surface area contributed by atoms with Crippen molar-refractivity contribution >= 4 is 56.6 Å². The number of carbonyl (C=O) groups is 2. The molecule has 3 rings (SSSR count). The van der Waals surface area contributed by atoms with E-state index in [2.05, 4.69) is 13.9 Å². The number of halogens is 5. The van der Waals surface area contributed by atoms with E-state index in [1.54, 1.807) is 0 Å². The normalized spacial score (nSPS) is 16.1. The molecule has 32 heavy (non-hydrogen) atoms. The SMILES string of the molecule is COc1cc2c3c(c(OS(=O)(=O)C(F)(F)F)nc2c(Cl)c1Cl)CN(C(=O)COC=O)[C@H]3C. The number of methoxy groups -OCH3 is 1. The molecule has 0 unspecified atom stereocenters. The molecule has 2 heterocycles. The monoisotopic (exact) mass is 516 g/mol. The van der Waals surface area contributed by atoms with Gasteiger partial charge in [-0.3, -0.25) is 9.59 Å². The highest BCUT2D eigenvalue weighted by Gasteiger charge is 2.50. The molecular formula is C17H13Cl2F3N2O7S. The van der Waals surface area contributed by atoms with Crippen LogP contribution < -0.4 is 8.92 Å². The second-order valence-electron chi connectivity index (χ2n) is 6.50. The van der Waals surface area contributed by atoms with Gasteiger partial charge in [-0.15, -0.1) is 0 Å². The zero-order chi connectivity index (χ0) is 24.0. The Morgan fingerprint density at radius 2 is 2.00 bits per heavy atom. The first-order valence-electron chi connectivity index (χ1n) is 8.58. The van der Waals surface area contributed by atoms with Crippen molar-refractivity contribution in [2.24, 2.45) is 0 Å². The quantitative estimate of drug-likeness (QED) is 0.326. The van der Waals surface area contributed by atoms with Gasteiger partial charge in [0.1, 0.15) is 10.8 Å². The molecule has 1 aromatic heterocycles. The first-order valence-corrected chi connectivity index (χ1v) is 10.7. The average Bonchev–Trinajstić information content (AvgIpc) is 3.06. The summed E-state index contributed by atoms with van der Waals surface area (Å²) < 4.78 is 76.0. The van der Waals surface area contributed by atoms with E-state index in [4.69, 9.17) is 27.9 Å². The highest BCUT2D eigenvalue weighted by atomic mass is 35.5. The van der Waals surface area contributed by atoms with E-state index in [0.717, 1.165) is 4.90 Å². The molecule has 1 aromatic carbocycles. The van der Waals surface area contributed by atoms with Gasteiger partial charge in [0, 0.05) is 10.9 Å². The van der Waals surface area contributed by atoms with Crippen LogP contribution in [0.15, 0.2) is 6.07 Å². The molecule has 1 aliphatic heterocycles.